The van der Waals surface area contributed by atoms with E-state index >= 15 is 0 Å². The second kappa shape index (κ2) is 9.33. The summed E-state index contributed by atoms with van der Waals surface area (Å²) < 4.78 is 10.4. The third-order valence-corrected chi connectivity index (χ3v) is 3.66. The van der Waals surface area contributed by atoms with Gasteiger partial charge in [-0.2, -0.15) is 5.10 Å². The van der Waals surface area contributed by atoms with E-state index in [4.69, 9.17) is 26.8 Å². The Kier molecular flexibility index (Phi) is 6.88. The van der Waals surface area contributed by atoms with Crippen LogP contribution in [0.5, 0.6) is 11.5 Å². The number of ether oxygens (including phenoxy) is 2. The van der Waals surface area contributed by atoms with Crippen LogP contribution in [0.4, 0.5) is 5.69 Å². The number of hydrogen-bond acceptors (Lipinski definition) is 7. The topological polar surface area (TPSA) is 146 Å². The van der Waals surface area contributed by atoms with Gasteiger partial charge in [-0.15, -0.1) is 0 Å². The summed E-state index contributed by atoms with van der Waals surface area (Å²) in [5, 5.41) is 14.6. The first kappa shape index (κ1) is 20.6. The molecule has 0 radical (unpaired) electrons. The van der Waals surface area contributed by atoms with E-state index in [0.717, 1.165) is 6.07 Å². The van der Waals surface area contributed by atoms with Crippen molar-refractivity contribution in [3.05, 3.63) is 62.7 Å². The fourth-order valence-corrected chi connectivity index (χ4v) is 2.24. The van der Waals surface area contributed by atoms with E-state index in [1.807, 2.05) is 0 Å². The highest BCUT2D eigenvalue weighted by Gasteiger charge is 2.16. The zero-order valence-electron chi connectivity index (χ0n) is 14.5. The Morgan fingerprint density at radius 2 is 2.04 bits per heavy atom. The SMILES string of the molecule is COc1cc(/C=N/NC(=O)c2ccc(Cl)c([N+](=O)[O-])c2)ccc1OCC(N)=O. The molecule has 0 spiro atoms. The summed E-state index contributed by atoms with van der Waals surface area (Å²) in [6, 6.07) is 8.39. The first-order valence-corrected chi connectivity index (χ1v) is 8.06. The largest absolute Gasteiger partial charge is 0.493 e. The Morgan fingerprint density at radius 3 is 2.68 bits per heavy atom. The number of hydrogen-bond donors (Lipinski definition) is 2. The molecule has 0 atom stereocenters. The summed E-state index contributed by atoms with van der Waals surface area (Å²) in [6.45, 7) is -0.299. The van der Waals surface area contributed by atoms with E-state index in [1.54, 1.807) is 18.2 Å². The molecule has 3 N–H and O–H groups in total. The number of halogens is 1. The summed E-state index contributed by atoms with van der Waals surface area (Å²) in [5.41, 5.74) is 7.49. The Morgan fingerprint density at radius 1 is 1.29 bits per heavy atom. The van der Waals surface area contributed by atoms with Crippen LogP contribution in [0.1, 0.15) is 15.9 Å². The molecule has 0 aliphatic carbocycles. The third kappa shape index (κ3) is 5.42. The quantitative estimate of drug-likeness (QED) is 0.388. The predicted octanol–water partition coefficient (Wildman–Crippen LogP) is 1.88. The molecule has 10 nitrogen and oxygen atoms in total. The second-order valence-corrected chi connectivity index (χ2v) is 5.69. The molecule has 0 fully saturated rings. The number of primary amides is 1. The van der Waals surface area contributed by atoms with Crippen molar-refractivity contribution in [3.63, 3.8) is 0 Å². The van der Waals surface area contributed by atoms with Gasteiger partial charge >= 0.3 is 0 Å². The summed E-state index contributed by atoms with van der Waals surface area (Å²) in [5.74, 6) is -0.622. The molecule has 0 saturated carbocycles. The lowest BCUT2D eigenvalue weighted by atomic mass is 10.2. The molecule has 0 bridgehead atoms. The molecule has 0 heterocycles. The first-order valence-electron chi connectivity index (χ1n) is 7.68. The number of rotatable bonds is 8. The van der Waals surface area contributed by atoms with E-state index in [9.17, 15) is 19.7 Å². The molecule has 0 aromatic heterocycles. The summed E-state index contributed by atoms with van der Waals surface area (Å²) in [6.07, 6.45) is 1.34. The van der Waals surface area contributed by atoms with Gasteiger partial charge in [0.2, 0.25) is 0 Å². The number of nitrogens with zero attached hydrogens (tertiary/aromatic N) is 2. The van der Waals surface area contributed by atoms with Gasteiger partial charge in [0.25, 0.3) is 17.5 Å². The molecule has 2 aromatic carbocycles. The molecule has 0 aliphatic rings. The van der Waals surface area contributed by atoms with E-state index in [1.165, 1.54) is 25.5 Å². The maximum Gasteiger partial charge on any atom is 0.288 e. The number of nitro benzene ring substituents is 1. The zero-order chi connectivity index (χ0) is 20.7. The number of methoxy groups -OCH3 is 1. The Bertz CT molecular complexity index is 947. The normalized spacial score (nSPS) is 10.5. The van der Waals surface area contributed by atoms with Crippen LogP contribution in [0.3, 0.4) is 0 Å². The van der Waals surface area contributed by atoms with Crippen LogP contribution >= 0.6 is 11.6 Å². The molecule has 2 aromatic rings. The van der Waals surface area contributed by atoms with Crippen molar-refractivity contribution in [3.8, 4) is 11.5 Å². The van der Waals surface area contributed by atoms with Gasteiger partial charge in [0.05, 0.1) is 18.2 Å². The summed E-state index contributed by atoms with van der Waals surface area (Å²) in [4.78, 5) is 33.1. The Hall–Kier alpha value is -3.66. The van der Waals surface area contributed by atoms with Gasteiger partial charge in [-0.3, -0.25) is 19.7 Å². The third-order valence-electron chi connectivity index (χ3n) is 3.34. The number of nitrogens with two attached hydrogens (primary N) is 1. The van der Waals surface area contributed by atoms with Gasteiger partial charge in [0, 0.05) is 11.6 Å². The molecule has 2 rings (SSSR count). The van der Waals surface area contributed by atoms with Crippen molar-refractivity contribution in [2.24, 2.45) is 10.8 Å². The predicted molar refractivity (Wildman–Crippen MR) is 101 cm³/mol. The smallest absolute Gasteiger partial charge is 0.288 e. The average Bonchev–Trinajstić information content (AvgIpc) is 2.66. The lowest BCUT2D eigenvalue weighted by molar-refractivity contribution is -0.384. The molecule has 28 heavy (non-hydrogen) atoms. The van der Waals surface area contributed by atoms with Crippen molar-refractivity contribution >= 4 is 35.3 Å². The van der Waals surface area contributed by atoms with Crippen LogP contribution in [-0.4, -0.2) is 36.7 Å². The van der Waals surface area contributed by atoms with Crippen LogP contribution in [0.15, 0.2) is 41.5 Å². The molecular formula is C17H15ClN4O6. The highest BCUT2D eigenvalue weighted by molar-refractivity contribution is 6.32. The number of carbonyl (C=O) groups excluding carboxylic acids is 2. The highest BCUT2D eigenvalue weighted by Crippen LogP contribution is 2.27. The van der Waals surface area contributed by atoms with Crippen LogP contribution in [-0.2, 0) is 4.79 Å². The van der Waals surface area contributed by atoms with E-state index in [-0.39, 0.29) is 22.9 Å². The van der Waals surface area contributed by atoms with Gasteiger partial charge in [0.15, 0.2) is 18.1 Å². The highest BCUT2D eigenvalue weighted by atomic mass is 35.5. The molecular weight excluding hydrogens is 392 g/mol. The van der Waals surface area contributed by atoms with E-state index in [2.05, 4.69) is 10.5 Å². The Balaban J connectivity index is 2.08. The minimum Gasteiger partial charge on any atom is -0.493 e. The standard InChI is InChI=1S/C17H15ClN4O6/c1-27-15-6-10(2-5-14(15)28-9-16(19)23)8-20-21-17(24)11-3-4-12(18)13(7-11)22(25)26/h2-8H,9H2,1H3,(H2,19,23)(H,21,24)/b20-8+. The van der Waals surface area contributed by atoms with Crippen molar-refractivity contribution in [2.75, 3.05) is 13.7 Å². The van der Waals surface area contributed by atoms with E-state index in [0.29, 0.717) is 17.1 Å². The molecule has 0 aliphatic heterocycles. The number of amides is 2. The van der Waals surface area contributed by atoms with Crippen molar-refractivity contribution in [1.29, 1.82) is 0 Å². The number of nitro groups is 1. The molecule has 0 unspecified atom stereocenters. The monoisotopic (exact) mass is 406 g/mol. The van der Waals surface area contributed by atoms with Gasteiger partial charge in [-0.05, 0) is 35.9 Å². The van der Waals surface area contributed by atoms with Gasteiger partial charge < -0.3 is 15.2 Å². The number of hydrazone groups is 1. The first-order chi connectivity index (χ1) is 13.3. The Labute approximate surface area is 164 Å². The number of benzene rings is 2. The fourth-order valence-electron chi connectivity index (χ4n) is 2.06. The minimum atomic E-state index is -0.684. The maximum absolute atomic E-state index is 12.1. The fraction of sp³-hybridized carbons (Fsp3) is 0.118. The van der Waals surface area contributed by atoms with Crippen molar-refractivity contribution in [2.45, 2.75) is 0 Å². The summed E-state index contributed by atoms with van der Waals surface area (Å²) in [7, 11) is 1.42. The van der Waals surface area contributed by atoms with Gasteiger partial charge in [0.1, 0.15) is 5.02 Å². The van der Waals surface area contributed by atoms with Gasteiger partial charge in [-0.1, -0.05) is 11.6 Å². The van der Waals surface area contributed by atoms with Crippen molar-refractivity contribution in [1.82, 2.24) is 5.43 Å². The average molecular weight is 407 g/mol. The van der Waals surface area contributed by atoms with Crippen LogP contribution in [0.2, 0.25) is 5.02 Å². The van der Waals surface area contributed by atoms with Crippen molar-refractivity contribution < 1.29 is 24.0 Å². The lowest BCUT2D eigenvalue weighted by Gasteiger charge is -2.09. The summed E-state index contributed by atoms with van der Waals surface area (Å²) >= 11 is 5.71. The molecule has 146 valence electrons. The minimum absolute atomic E-state index is 0.0287. The van der Waals surface area contributed by atoms with Crippen LogP contribution in [0.25, 0.3) is 0 Å². The molecule has 11 heteroatoms. The molecule has 2 amide bonds. The van der Waals surface area contributed by atoms with E-state index < -0.39 is 16.7 Å². The number of nitrogens with one attached hydrogen (secondary N) is 1. The molecule has 0 saturated heterocycles. The van der Waals surface area contributed by atoms with Crippen LogP contribution in [0, 0.1) is 10.1 Å². The number of carbonyl (C=O) groups is 2. The maximum atomic E-state index is 12.1. The second-order valence-electron chi connectivity index (χ2n) is 5.29. The van der Waals surface area contributed by atoms with Crippen LogP contribution < -0.4 is 20.6 Å². The van der Waals surface area contributed by atoms with Gasteiger partial charge in [-0.25, -0.2) is 5.43 Å². The zero-order valence-corrected chi connectivity index (χ0v) is 15.3. The lowest BCUT2D eigenvalue weighted by Crippen LogP contribution is -2.20.